The molecule has 0 saturated carbocycles. The number of nitrogens with zero attached hydrogens (tertiary/aromatic N) is 2. The second kappa shape index (κ2) is 7.34. The molecule has 26 heavy (non-hydrogen) atoms. The normalized spacial score (nSPS) is 10.1. The molecule has 0 aliphatic carbocycles. The van der Waals surface area contributed by atoms with Crippen LogP contribution in [0.4, 0.5) is 15.8 Å². The lowest BCUT2D eigenvalue weighted by Crippen LogP contribution is -2.41. The molecular weight excluding hydrogens is 351 g/mol. The fraction of sp³-hybridized carbons (Fsp3) is 0.0667. The van der Waals surface area contributed by atoms with Gasteiger partial charge in [0.2, 0.25) is 0 Å². The topological polar surface area (TPSA) is 144 Å². The zero-order valence-corrected chi connectivity index (χ0v) is 13.2. The Morgan fingerprint density at radius 1 is 0.962 bits per heavy atom. The number of nitro benzene ring substituents is 2. The Morgan fingerprint density at radius 3 is 2.08 bits per heavy atom. The van der Waals surface area contributed by atoms with Crippen LogP contribution in [0.1, 0.15) is 26.3 Å². The standard InChI is InChI=1S/C15H11FN4O6/c1-8-12(6-11(19(23)24)7-13(8)20(25)26)15(22)18-17-14(21)9-2-4-10(16)5-3-9/h2-7H,1H3,(H,17,21)(H,18,22). The molecule has 0 spiro atoms. The number of nitrogens with one attached hydrogen (secondary N) is 2. The van der Waals surface area contributed by atoms with Crippen molar-refractivity contribution in [1.29, 1.82) is 0 Å². The Hall–Kier alpha value is -3.89. The molecule has 11 heteroatoms. The van der Waals surface area contributed by atoms with Crippen LogP contribution in [0.2, 0.25) is 0 Å². The van der Waals surface area contributed by atoms with E-state index in [2.05, 4.69) is 0 Å². The summed E-state index contributed by atoms with van der Waals surface area (Å²) in [5, 5.41) is 21.9. The number of carbonyl (C=O) groups excluding carboxylic acids is 2. The minimum absolute atomic E-state index is 0.0495. The summed E-state index contributed by atoms with van der Waals surface area (Å²) in [6.45, 7) is 1.25. The highest BCUT2D eigenvalue weighted by Crippen LogP contribution is 2.27. The van der Waals surface area contributed by atoms with Gasteiger partial charge >= 0.3 is 0 Å². The van der Waals surface area contributed by atoms with E-state index in [4.69, 9.17) is 0 Å². The number of non-ortho nitro benzene ring substituents is 1. The van der Waals surface area contributed by atoms with E-state index in [9.17, 15) is 34.2 Å². The minimum atomic E-state index is -0.982. The number of hydrogen-bond donors (Lipinski definition) is 2. The van der Waals surface area contributed by atoms with Crippen LogP contribution in [0.5, 0.6) is 0 Å². The van der Waals surface area contributed by atoms with Crippen molar-refractivity contribution in [1.82, 2.24) is 10.9 Å². The first kappa shape index (κ1) is 18.4. The van der Waals surface area contributed by atoms with Gasteiger partial charge in [-0.15, -0.1) is 0 Å². The van der Waals surface area contributed by atoms with Crippen LogP contribution in [0, 0.1) is 33.0 Å². The lowest BCUT2D eigenvalue weighted by atomic mass is 10.1. The van der Waals surface area contributed by atoms with Crippen molar-refractivity contribution in [2.45, 2.75) is 6.92 Å². The highest BCUT2D eigenvalue weighted by molar-refractivity contribution is 6.00. The van der Waals surface area contributed by atoms with E-state index < -0.39 is 38.9 Å². The van der Waals surface area contributed by atoms with Gasteiger partial charge in [0, 0.05) is 17.2 Å². The van der Waals surface area contributed by atoms with Crippen molar-refractivity contribution in [2.75, 3.05) is 0 Å². The van der Waals surface area contributed by atoms with Crippen LogP contribution >= 0.6 is 0 Å². The molecule has 0 heterocycles. The molecule has 10 nitrogen and oxygen atoms in total. The zero-order valence-electron chi connectivity index (χ0n) is 13.2. The van der Waals surface area contributed by atoms with Gasteiger partial charge in [-0.05, 0) is 31.2 Å². The van der Waals surface area contributed by atoms with Crippen LogP contribution in [-0.4, -0.2) is 21.7 Å². The highest BCUT2D eigenvalue weighted by atomic mass is 19.1. The minimum Gasteiger partial charge on any atom is -0.267 e. The fourth-order valence-electron chi connectivity index (χ4n) is 2.07. The highest BCUT2D eigenvalue weighted by Gasteiger charge is 2.25. The second-order valence-electron chi connectivity index (χ2n) is 5.07. The lowest BCUT2D eigenvalue weighted by Gasteiger charge is -2.09. The lowest BCUT2D eigenvalue weighted by molar-refractivity contribution is -0.394. The van der Waals surface area contributed by atoms with Crippen molar-refractivity contribution in [3.05, 3.63) is 79.1 Å². The molecule has 0 atom stereocenters. The van der Waals surface area contributed by atoms with Crippen LogP contribution in [0.3, 0.4) is 0 Å². The van der Waals surface area contributed by atoms with Crippen molar-refractivity contribution in [3.8, 4) is 0 Å². The molecule has 0 aliphatic rings. The van der Waals surface area contributed by atoms with Gasteiger partial charge in [-0.25, -0.2) is 4.39 Å². The number of amides is 2. The first-order chi connectivity index (χ1) is 12.2. The van der Waals surface area contributed by atoms with E-state index in [1.807, 2.05) is 10.9 Å². The van der Waals surface area contributed by atoms with Crippen LogP contribution < -0.4 is 10.9 Å². The maximum atomic E-state index is 12.8. The SMILES string of the molecule is Cc1c(C(=O)NNC(=O)c2ccc(F)cc2)cc([N+](=O)[O-])cc1[N+](=O)[O-]. The Labute approximate surface area is 144 Å². The summed E-state index contributed by atoms with van der Waals surface area (Å²) in [4.78, 5) is 44.2. The molecule has 2 aromatic rings. The van der Waals surface area contributed by atoms with Gasteiger partial charge in [0.25, 0.3) is 23.2 Å². The first-order valence-electron chi connectivity index (χ1n) is 7.00. The molecule has 0 aliphatic heterocycles. The molecule has 2 amide bonds. The maximum Gasteiger partial charge on any atom is 0.279 e. The Bertz CT molecular complexity index is 913. The molecule has 0 fully saturated rings. The van der Waals surface area contributed by atoms with Crippen molar-refractivity contribution < 1.29 is 23.8 Å². The third-order valence-corrected chi connectivity index (χ3v) is 3.41. The summed E-state index contributed by atoms with van der Waals surface area (Å²) in [5.74, 6) is -2.30. The molecule has 0 aromatic heterocycles. The van der Waals surface area contributed by atoms with Gasteiger partial charge in [-0.2, -0.15) is 0 Å². The third-order valence-electron chi connectivity index (χ3n) is 3.41. The molecule has 0 unspecified atom stereocenters. The van der Waals surface area contributed by atoms with Gasteiger partial charge in [0.1, 0.15) is 5.82 Å². The summed E-state index contributed by atoms with van der Waals surface area (Å²) in [5.41, 5.74) is 2.41. The second-order valence-corrected chi connectivity index (χ2v) is 5.07. The fourth-order valence-corrected chi connectivity index (χ4v) is 2.07. The number of hydrogen-bond acceptors (Lipinski definition) is 6. The number of hydrazine groups is 1. The summed E-state index contributed by atoms with van der Waals surface area (Å²) < 4.78 is 12.8. The molecular formula is C15H11FN4O6. The quantitative estimate of drug-likeness (QED) is 0.629. The van der Waals surface area contributed by atoms with Gasteiger partial charge < -0.3 is 0 Å². The summed E-state index contributed by atoms with van der Waals surface area (Å²) >= 11 is 0. The third kappa shape index (κ3) is 3.95. The van der Waals surface area contributed by atoms with E-state index in [0.29, 0.717) is 0 Å². The van der Waals surface area contributed by atoms with E-state index in [0.717, 1.165) is 24.3 Å². The first-order valence-corrected chi connectivity index (χ1v) is 7.00. The van der Waals surface area contributed by atoms with Crippen LogP contribution in [0.15, 0.2) is 36.4 Å². The van der Waals surface area contributed by atoms with Gasteiger partial charge in [-0.3, -0.25) is 40.7 Å². The van der Waals surface area contributed by atoms with E-state index >= 15 is 0 Å². The summed E-state index contributed by atoms with van der Waals surface area (Å²) in [6.07, 6.45) is 0. The number of benzene rings is 2. The number of halogens is 1. The average Bonchev–Trinajstić information content (AvgIpc) is 2.59. The average molecular weight is 362 g/mol. The number of nitro groups is 2. The molecule has 0 bridgehead atoms. The van der Waals surface area contributed by atoms with E-state index in [1.165, 1.54) is 19.1 Å². The zero-order chi connectivity index (χ0) is 19.4. The molecule has 2 rings (SSSR count). The summed E-state index contributed by atoms with van der Waals surface area (Å²) in [6, 6.07) is 6.06. The number of carbonyl (C=O) groups is 2. The van der Waals surface area contributed by atoms with Crippen molar-refractivity contribution >= 4 is 23.2 Å². The number of rotatable bonds is 4. The molecule has 0 radical (unpaired) electrons. The smallest absolute Gasteiger partial charge is 0.267 e. The molecule has 0 saturated heterocycles. The Kier molecular flexibility index (Phi) is 5.21. The van der Waals surface area contributed by atoms with E-state index in [-0.39, 0.29) is 16.7 Å². The van der Waals surface area contributed by atoms with Crippen molar-refractivity contribution in [3.63, 3.8) is 0 Å². The molecule has 2 aromatic carbocycles. The largest absolute Gasteiger partial charge is 0.279 e. The van der Waals surface area contributed by atoms with Crippen LogP contribution in [-0.2, 0) is 0 Å². The van der Waals surface area contributed by atoms with Gasteiger partial charge in [-0.1, -0.05) is 0 Å². The molecule has 2 N–H and O–H groups in total. The predicted octanol–water partition coefficient (Wildman–Crippen LogP) is 2.03. The molecule has 134 valence electrons. The van der Waals surface area contributed by atoms with Gasteiger partial charge in [0.15, 0.2) is 0 Å². The predicted molar refractivity (Wildman–Crippen MR) is 85.8 cm³/mol. The van der Waals surface area contributed by atoms with Crippen LogP contribution in [0.25, 0.3) is 0 Å². The summed E-state index contributed by atoms with van der Waals surface area (Å²) in [7, 11) is 0. The monoisotopic (exact) mass is 362 g/mol. The Morgan fingerprint density at radius 2 is 1.54 bits per heavy atom. The van der Waals surface area contributed by atoms with Crippen molar-refractivity contribution in [2.24, 2.45) is 0 Å². The van der Waals surface area contributed by atoms with E-state index in [1.54, 1.807) is 0 Å². The maximum absolute atomic E-state index is 12.8. The Balaban J connectivity index is 2.23. The van der Waals surface area contributed by atoms with Gasteiger partial charge in [0.05, 0.1) is 21.5 Å².